The van der Waals surface area contributed by atoms with Gasteiger partial charge in [0.05, 0.1) is 0 Å². The molecule has 0 saturated carbocycles. The van der Waals surface area contributed by atoms with Gasteiger partial charge >= 0.3 is 0 Å². The molecule has 0 amide bonds. The van der Waals surface area contributed by atoms with Gasteiger partial charge in [-0.2, -0.15) is 0 Å². The van der Waals surface area contributed by atoms with Gasteiger partial charge in [0.25, 0.3) is 0 Å². The topological polar surface area (TPSA) is 0 Å². The van der Waals surface area contributed by atoms with Crippen molar-refractivity contribution < 1.29 is 0 Å². The average Bonchev–Trinajstić information content (AvgIpc) is 2.59. The molecule has 0 aromatic carbocycles. The average molecular weight is 339 g/mol. The van der Waals surface area contributed by atoms with Crippen LogP contribution < -0.4 is 0 Å². The molecule has 0 radical (unpaired) electrons. The van der Waals surface area contributed by atoms with Crippen LogP contribution >= 0.6 is 0 Å². The molecular weight excluding hydrogens is 288 g/mol. The Labute approximate surface area is 155 Å². The molecule has 0 aliphatic rings. The first-order chi connectivity index (χ1) is 11.2. The summed E-state index contributed by atoms with van der Waals surface area (Å²) < 4.78 is 0. The minimum Gasteiger partial charge on any atom is -0.0651 e. The molecule has 0 rings (SSSR count). The molecule has 0 heteroatoms. The maximum absolute atomic E-state index is 2.50. The van der Waals surface area contributed by atoms with Gasteiger partial charge in [0.1, 0.15) is 0 Å². The smallest absolute Gasteiger partial charge is 0.0417 e. The molecule has 0 aromatic rings. The van der Waals surface area contributed by atoms with E-state index in [1.54, 1.807) is 0 Å². The predicted molar refractivity (Wildman–Crippen MR) is 112 cm³/mol. The van der Waals surface area contributed by atoms with Gasteiger partial charge in [-0.25, -0.2) is 0 Å². The second-order valence-electron chi connectivity index (χ2n) is 9.52. The predicted octanol–water partition coefficient (Wildman–Crippen LogP) is 8.60. The third-order valence-electron chi connectivity index (χ3n) is 7.52. The zero-order valence-corrected chi connectivity index (χ0v) is 18.7. The Morgan fingerprint density at radius 2 is 0.667 bits per heavy atom. The highest BCUT2D eigenvalue weighted by Crippen LogP contribution is 2.30. The Morgan fingerprint density at radius 1 is 0.375 bits per heavy atom. The van der Waals surface area contributed by atoms with Crippen LogP contribution in [-0.2, 0) is 0 Å². The summed E-state index contributed by atoms with van der Waals surface area (Å²) in [4.78, 5) is 0. The summed E-state index contributed by atoms with van der Waals surface area (Å²) in [5, 5.41) is 0. The van der Waals surface area contributed by atoms with Gasteiger partial charge in [-0.1, -0.05) is 114 Å². The summed E-state index contributed by atoms with van der Waals surface area (Å²) in [6.45, 7) is 21.9. The number of rotatable bonds is 14. The fraction of sp³-hybridized carbons (Fsp3) is 1.00. The Hall–Kier alpha value is 0. The van der Waals surface area contributed by atoms with E-state index in [2.05, 4.69) is 62.3 Å². The molecular formula is C24H50. The minimum absolute atomic E-state index is 0.887. The third kappa shape index (κ3) is 10.1. The van der Waals surface area contributed by atoms with Crippen molar-refractivity contribution in [2.45, 2.75) is 114 Å². The normalized spacial score (nSPS) is 20.9. The van der Waals surface area contributed by atoms with E-state index >= 15 is 0 Å². The minimum atomic E-state index is 0.887. The van der Waals surface area contributed by atoms with E-state index in [4.69, 9.17) is 0 Å². The van der Waals surface area contributed by atoms with Crippen molar-refractivity contribution >= 4 is 0 Å². The first-order valence-electron chi connectivity index (χ1n) is 11.2. The molecule has 0 aromatic heterocycles. The SMILES string of the molecule is CCC(C)CCC(C)C(C)CCC(C)C(C)CCC(C)C(C)CC. The summed E-state index contributed by atoms with van der Waals surface area (Å²) in [5.41, 5.74) is 0. The lowest BCUT2D eigenvalue weighted by Gasteiger charge is -2.26. The van der Waals surface area contributed by atoms with Crippen molar-refractivity contribution in [3.05, 3.63) is 0 Å². The van der Waals surface area contributed by atoms with Crippen LogP contribution in [0.15, 0.2) is 0 Å². The molecule has 0 N–H and O–H groups in total. The van der Waals surface area contributed by atoms with Crippen LogP contribution in [0.3, 0.4) is 0 Å². The Balaban J connectivity index is 4.02. The van der Waals surface area contributed by atoms with Gasteiger partial charge in [-0.15, -0.1) is 0 Å². The highest BCUT2D eigenvalue weighted by atomic mass is 14.2. The highest BCUT2D eigenvalue weighted by Gasteiger charge is 2.19. The maximum atomic E-state index is 2.50. The fourth-order valence-electron chi connectivity index (χ4n) is 3.63. The van der Waals surface area contributed by atoms with Crippen molar-refractivity contribution in [3.8, 4) is 0 Å². The highest BCUT2D eigenvalue weighted by molar-refractivity contribution is 4.70. The Morgan fingerprint density at radius 3 is 0.958 bits per heavy atom. The van der Waals surface area contributed by atoms with Gasteiger partial charge in [-0.3, -0.25) is 0 Å². The molecule has 0 spiro atoms. The first-order valence-corrected chi connectivity index (χ1v) is 11.2. The van der Waals surface area contributed by atoms with Crippen LogP contribution in [0.25, 0.3) is 0 Å². The van der Waals surface area contributed by atoms with E-state index < -0.39 is 0 Å². The van der Waals surface area contributed by atoms with Gasteiger partial charge in [0.15, 0.2) is 0 Å². The molecule has 0 fully saturated rings. The van der Waals surface area contributed by atoms with Crippen molar-refractivity contribution in [1.82, 2.24) is 0 Å². The quantitative estimate of drug-likeness (QED) is 0.297. The molecule has 0 saturated heterocycles. The molecule has 146 valence electrons. The molecule has 0 heterocycles. The summed E-state index contributed by atoms with van der Waals surface area (Å²) >= 11 is 0. The van der Waals surface area contributed by atoms with Crippen LogP contribution in [0.1, 0.15) is 114 Å². The molecule has 7 atom stereocenters. The third-order valence-corrected chi connectivity index (χ3v) is 7.52. The zero-order valence-electron chi connectivity index (χ0n) is 18.7. The van der Waals surface area contributed by atoms with Gasteiger partial charge in [0.2, 0.25) is 0 Å². The van der Waals surface area contributed by atoms with E-state index in [-0.39, 0.29) is 0 Å². The molecule has 0 nitrogen and oxygen atoms in total. The first kappa shape index (κ1) is 24.0. The summed E-state index contributed by atoms with van der Waals surface area (Å²) in [6.07, 6.45) is 11.2. The summed E-state index contributed by atoms with van der Waals surface area (Å²) in [6, 6.07) is 0. The monoisotopic (exact) mass is 338 g/mol. The second-order valence-corrected chi connectivity index (χ2v) is 9.52. The van der Waals surface area contributed by atoms with Crippen molar-refractivity contribution in [2.24, 2.45) is 41.4 Å². The van der Waals surface area contributed by atoms with Crippen LogP contribution in [0.2, 0.25) is 0 Å². The lowest BCUT2D eigenvalue weighted by Crippen LogP contribution is -2.15. The molecule has 24 heavy (non-hydrogen) atoms. The van der Waals surface area contributed by atoms with E-state index in [0.29, 0.717) is 0 Å². The molecule has 0 aliphatic carbocycles. The fourth-order valence-corrected chi connectivity index (χ4v) is 3.63. The lowest BCUT2D eigenvalue weighted by atomic mass is 9.79. The van der Waals surface area contributed by atoms with E-state index in [0.717, 1.165) is 41.4 Å². The van der Waals surface area contributed by atoms with Gasteiger partial charge in [-0.05, 0) is 41.4 Å². The zero-order chi connectivity index (χ0) is 18.7. The second kappa shape index (κ2) is 13.2. The van der Waals surface area contributed by atoms with Gasteiger partial charge < -0.3 is 0 Å². The van der Waals surface area contributed by atoms with Crippen molar-refractivity contribution in [2.75, 3.05) is 0 Å². The van der Waals surface area contributed by atoms with Crippen LogP contribution in [0, 0.1) is 41.4 Å². The Kier molecular flexibility index (Phi) is 13.2. The molecule has 7 unspecified atom stereocenters. The van der Waals surface area contributed by atoms with Crippen LogP contribution in [0.4, 0.5) is 0 Å². The lowest BCUT2D eigenvalue weighted by molar-refractivity contribution is 0.248. The van der Waals surface area contributed by atoms with Crippen LogP contribution in [-0.4, -0.2) is 0 Å². The van der Waals surface area contributed by atoms with E-state index in [1.165, 1.54) is 51.4 Å². The number of hydrogen-bond acceptors (Lipinski definition) is 0. The molecule has 0 aliphatic heterocycles. The van der Waals surface area contributed by atoms with Crippen LogP contribution in [0.5, 0.6) is 0 Å². The maximum Gasteiger partial charge on any atom is -0.0417 e. The summed E-state index contributed by atoms with van der Waals surface area (Å²) in [7, 11) is 0. The standard InChI is InChI=1S/C24H50/c1-10-18(3)12-13-21(6)22(7)16-17-24(9)23(8)15-14-20(5)19(4)11-2/h18-24H,10-17H2,1-9H3. The van der Waals surface area contributed by atoms with Crippen molar-refractivity contribution in [1.29, 1.82) is 0 Å². The Bertz CT molecular complexity index is 282. The number of hydrogen-bond donors (Lipinski definition) is 0. The van der Waals surface area contributed by atoms with E-state index in [9.17, 15) is 0 Å². The van der Waals surface area contributed by atoms with Crippen molar-refractivity contribution in [3.63, 3.8) is 0 Å². The van der Waals surface area contributed by atoms with Gasteiger partial charge in [0, 0.05) is 0 Å². The largest absolute Gasteiger partial charge is 0.0651 e. The summed E-state index contributed by atoms with van der Waals surface area (Å²) in [5.74, 6) is 6.25. The van der Waals surface area contributed by atoms with E-state index in [1.807, 2.05) is 0 Å². The molecule has 0 bridgehead atoms.